The minimum Gasteiger partial charge on any atom is -0.416 e. The number of nitrogens with one attached hydrogen (secondary N) is 1. The first-order valence-electron chi connectivity index (χ1n) is 11.0. The van der Waals surface area contributed by atoms with Gasteiger partial charge in [0.2, 0.25) is 11.8 Å². The van der Waals surface area contributed by atoms with Crippen LogP contribution in [0.5, 0.6) is 0 Å². The highest BCUT2D eigenvalue weighted by molar-refractivity contribution is 7.99. The maximum atomic E-state index is 12.8. The fourth-order valence-electron chi connectivity index (χ4n) is 3.67. The molecule has 0 aliphatic carbocycles. The van der Waals surface area contributed by atoms with E-state index in [9.17, 15) is 9.59 Å². The maximum Gasteiger partial charge on any atom is 0.277 e. The number of rotatable bonds is 7. The molecule has 0 radical (unpaired) electrons. The van der Waals surface area contributed by atoms with E-state index in [-0.39, 0.29) is 17.6 Å². The van der Waals surface area contributed by atoms with E-state index in [2.05, 4.69) is 20.4 Å². The number of thioether (sulfide) groups is 1. The third kappa shape index (κ3) is 5.73. The molecule has 1 N–H and O–H groups in total. The Morgan fingerprint density at radius 1 is 1.03 bits per heavy atom. The van der Waals surface area contributed by atoms with Crippen molar-refractivity contribution in [2.75, 3.05) is 42.1 Å². The summed E-state index contributed by atoms with van der Waals surface area (Å²) in [7, 11) is 0. The van der Waals surface area contributed by atoms with Gasteiger partial charge in [0.15, 0.2) is 0 Å². The minimum absolute atomic E-state index is 0.0927. The number of carbonyl (C=O) groups excluding carboxylic acids is 2. The monoisotopic (exact) mass is 465 g/mol. The van der Waals surface area contributed by atoms with Crippen molar-refractivity contribution in [1.29, 1.82) is 0 Å². The molecule has 2 aromatic carbocycles. The van der Waals surface area contributed by atoms with Crippen LogP contribution in [0.25, 0.3) is 0 Å². The summed E-state index contributed by atoms with van der Waals surface area (Å²) in [4.78, 5) is 29.2. The predicted octanol–water partition coefficient (Wildman–Crippen LogP) is 3.63. The van der Waals surface area contributed by atoms with Gasteiger partial charge in [0.05, 0.1) is 5.75 Å². The Morgan fingerprint density at radius 2 is 1.76 bits per heavy atom. The summed E-state index contributed by atoms with van der Waals surface area (Å²) in [5.41, 5.74) is 3.58. The van der Waals surface area contributed by atoms with Crippen LogP contribution in [0.15, 0.2) is 58.2 Å². The third-order valence-corrected chi connectivity index (χ3v) is 6.35. The van der Waals surface area contributed by atoms with Crippen LogP contribution >= 0.6 is 11.8 Å². The molecule has 8 nitrogen and oxygen atoms in total. The topological polar surface area (TPSA) is 91.6 Å². The Bertz CT molecular complexity index is 1110. The lowest BCUT2D eigenvalue weighted by molar-refractivity contribution is -0.113. The van der Waals surface area contributed by atoms with Gasteiger partial charge in [0, 0.05) is 49.5 Å². The normalized spacial score (nSPS) is 13.8. The van der Waals surface area contributed by atoms with Crippen molar-refractivity contribution in [3.8, 4) is 0 Å². The maximum absolute atomic E-state index is 12.8. The van der Waals surface area contributed by atoms with Crippen molar-refractivity contribution < 1.29 is 14.0 Å². The zero-order valence-corrected chi connectivity index (χ0v) is 19.6. The standard InChI is InChI=1S/C24H27N5O3S/c1-3-22-26-27-24(32-22)33-16-21(30)25-18-8-10-19(11-9-18)28-12-14-29(15-13-28)23(31)20-7-5-4-6-17(20)2/h4-11H,3,12-16H2,1-2H3,(H,25,30). The molecule has 0 bridgehead atoms. The number of aromatic nitrogens is 2. The molecule has 1 fully saturated rings. The van der Waals surface area contributed by atoms with Crippen LogP contribution in [0.2, 0.25) is 0 Å². The van der Waals surface area contributed by atoms with Crippen molar-refractivity contribution in [3.63, 3.8) is 0 Å². The van der Waals surface area contributed by atoms with Crippen LogP contribution in [0.4, 0.5) is 11.4 Å². The van der Waals surface area contributed by atoms with Gasteiger partial charge in [-0.1, -0.05) is 36.9 Å². The molecule has 0 atom stereocenters. The average Bonchev–Trinajstić information content (AvgIpc) is 3.32. The molecule has 1 aliphatic heterocycles. The summed E-state index contributed by atoms with van der Waals surface area (Å²) in [6, 6.07) is 15.5. The molecular weight excluding hydrogens is 438 g/mol. The fraction of sp³-hybridized carbons (Fsp3) is 0.333. The van der Waals surface area contributed by atoms with Gasteiger partial charge in [-0.3, -0.25) is 9.59 Å². The van der Waals surface area contributed by atoms with Crippen LogP contribution in [0.3, 0.4) is 0 Å². The van der Waals surface area contributed by atoms with Crippen LogP contribution < -0.4 is 10.2 Å². The number of aryl methyl sites for hydroxylation is 2. The SMILES string of the molecule is CCc1nnc(SCC(=O)Nc2ccc(N3CCN(C(=O)c4ccccc4C)CC3)cc2)o1. The second kappa shape index (κ2) is 10.5. The molecule has 9 heteroatoms. The van der Waals surface area contributed by atoms with E-state index in [1.54, 1.807) is 0 Å². The third-order valence-electron chi connectivity index (χ3n) is 5.54. The summed E-state index contributed by atoms with van der Waals surface area (Å²) in [6.07, 6.45) is 0.671. The van der Waals surface area contributed by atoms with Gasteiger partial charge in [-0.2, -0.15) is 0 Å². The molecule has 4 rings (SSSR count). The summed E-state index contributed by atoms with van der Waals surface area (Å²) < 4.78 is 5.40. The summed E-state index contributed by atoms with van der Waals surface area (Å²) in [6.45, 7) is 6.80. The van der Waals surface area contributed by atoms with E-state index < -0.39 is 0 Å². The van der Waals surface area contributed by atoms with Gasteiger partial charge in [-0.15, -0.1) is 10.2 Å². The largest absolute Gasteiger partial charge is 0.416 e. The molecule has 0 spiro atoms. The minimum atomic E-state index is -0.132. The van der Waals surface area contributed by atoms with Gasteiger partial charge in [-0.25, -0.2) is 0 Å². The number of carbonyl (C=O) groups is 2. The number of benzene rings is 2. The van der Waals surface area contributed by atoms with Crippen LogP contribution in [-0.2, 0) is 11.2 Å². The summed E-state index contributed by atoms with van der Waals surface area (Å²) in [5.74, 6) is 0.723. The van der Waals surface area contributed by atoms with Gasteiger partial charge in [-0.05, 0) is 42.8 Å². The van der Waals surface area contributed by atoms with Crippen LogP contribution in [0, 0.1) is 6.92 Å². The Morgan fingerprint density at radius 3 is 2.42 bits per heavy atom. The van der Waals surface area contributed by atoms with Crippen molar-refractivity contribution in [2.45, 2.75) is 25.5 Å². The molecule has 2 amide bonds. The molecule has 0 unspecified atom stereocenters. The van der Waals surface area contributed by atoms with E-state index in [0.29, 0.717) is 30.6 Å². The van der Waals surface area contributed by atoms with E-state index in [4.69, 9.17) is 4.42 Å². The molecular formula is C24H27N5O3S. The highest BCUT2D eigenvalue weighted by atomic mass is 32.2. The smallest absolute Gasteiger partial charge is 0.277 e. The fourth-order valence-corrected chi connectivity index (χ4v) is 4.25. The van der Waals surface area contributed by atoms with Crippen molar-refractivity contribution in [1.82, 2.24) is 15.1 Å². The molecule has 33 heavy (non-hydrogen) atoms. The van der Waals surface area contributed by atoms with Gasteiger partial charge in [0.1, 0.15) is 0 Å². The van der Waals surface area contributed by atoms with Gasteiger partial charge < -0.3 is 19.5 Å². The molecule has 3 aromatic rings. The number of nitrogens with zero attached hydrogens (tertiary/aromatic N) is 4. The van der Waals surface area contributed by atoms with Crippen LogP contribution in [0.1, 0.15) is 28.7 Å². The first-order valence-corrected chi connectivity index (χ1v) is 12.0. The lowest BCUT2D eigenvalue weighted by Gasteiger charge is -2.36. The molecule has 1 aromatic heterocycles. The molecule has 2 heterocycles. The quantitative estimate of drug-likeness (QED) is 0.533. The predicted molar refractivity (Wildman–Crippen MR) is 129 cm³/mol. The molecule has 1 saturated heterocycles. The lowest BCUT2D eigenvalue weighted by atomic mass is 10.1. The zero-order chi connectivity index (χ0) is 23.2. The number of piperazine rings is 1. The number of hydrogen-bond donors (Lipinski definition) is 1. The average molecular weight is 466 g/mol. The number of amides is 2. The van der Waals surface area contributed by atoms with E-state index in [1.165, 1.54) is 11.8 Å². The molecule has 1 aliphatic rings. The Balaban J connectivity index is 1.26. The first kappa shape index (κ1) is 22.8. The highest BCUT2D eigenvalue weighted by Crippen LogP contribution is 2.22. The van der Waals surface area contributed by atoms with E-state index in [0.717, 1.165) is 35.6 Å². The molecule has 172 valence electrons. The number of hydrogen-bond acceptors (Lipinski definition) is 7. The van der Waals surface area contributed by atoms with Crippen molar-refractivity contribution in [2.24, 2.45) is 0 Å². The van der Waals surface area contributed by atoms with E-state index in [1.807, 2.05) is 67.3 Å². The lowest BCUT2D eigenvalue weighted by Crippen LogP contribution is -2.48. The van der Waals surface area contributed by atoms with Gasteiger partial charge >= 0.3 is 0 Å². The highest BCUT2D eigenvalue weighted by Gasteiger charge is 2.23. The Labute approximate surface area is 197 Å². The van der Waals surface area contributed by atoms with Crippen molar-refractivity contribution >= 4 is 35.0 Å². The summed E-state index contributed by atoms with van der Waals surface area (Å²) in [5, 5.41) is 11.1. The Hall–Kier alpha value is -3.33. The summed E-state index contributed by atoms with van der Waals surface area (Å²) >= 11 is 1.22. The second-order valence-corrected chi connectivity index (χ2v) is 8.72. The first-order chi connectivity index (χ1) is 16.0. The van der Waals surface area contributed by atoms with E-state index >= 15 is 0 Å². The zero-order valence-electron chi connectivity index (χ0n) is 18.8. The van der Waals surface area contributed by atoms with Crippen LogP contribution in [-0.4, -0.2) is 58.8 Å². The van der Waals surface area contributed by atoms with Crippen molar-refractivity contribution in [3.05, 3.63) is 65.5 Å². The second-order valence-electron chi connectivity index (χ2n) is 7.79. The number of anilines is 2. The Kier molecular flexibility index (Phi) is 7.29. The van der Waals surface area contributed by atoms with Gasteiger partial charge in [0.25, 0.3) is 11.1 Å². The molecule has 0 saturated carbocycles.